The minimum atomic E-state index is -0.572. The molecule has 0 saturated heterocycles. The number of benzene rings is 1. The van der Waals surface area contributed by atoms with Gasteiger partial charge in [-0.2, -0.15) is 0 Å². The van der Waals surface area contributed by atoms with Crippen LogP contribution in [0.25, 0.3) is 0 Å². The van der Waals surface area contributed by atoms with E-state index in [1.165, 1.54) is 0 Å². The molecule has 7 nitrogen and oxygen atoms in total. The molecule has 0 radical (unpaired) electrons. The molecule has 0 aliphatic carbocycles. The van der Waals surface area contributed by atoms with Crippen molar-refractivity contribution in [1.29, 1.82) is 0 Å². The number of likely N-dealkylation sites (N-methyl/N-ethyl adjacent to an activating group) is 1. The van der Waals surface area contributed by atoms with Crippen molar-refractivity contribution in [2.45, 2.75) is 46.2 Å². The first-order valence-electron chi connectivity index (χ1n) is 11.2. The third-order valence-corrected chi connectivity index (χ3v) is 6.18. The van der Waals surface area contributed by atoms with E-state index in [2.05, 4.69) is 11.9 Å². The van der Waals surface area contributed by atoms with Crippen LogP contribution in [0.1, 0.15) is 44.4 Å². The summed E-state index contributed by atoms with van der Waals surface area (Å²) in [5, 5.41) is 2.99. The number of hydrogen-bond acceptors (Lipinski definition) is 3. The van der Waals surface area contributed by atoms with Crippen molar-refractivity contribution in [3.8, 4) is 0 Å². The number of amides is 4. The lowest BCUT2D eigenvalue weighted by Gasteiger charge is -2.33. The first kappa shape index (κ1) is 23.6. The van der Waals surface area contributed by atoms with E-state index < -0.39 is 12.1 Å². The van der Waals surface area contributed by atoms with E-state index in [9.17, 15) is 14.4 Å². The van der Waals surface area contributed by atoms with Gasteiger partial charge in [0.05, 0.1) is 23.9 Å². The van der Waals surface area contributed by atoms with Gasteiger partial charge < -0.3 is 15.1 Å². The fourth-order valence-corrected chi connectivity index (χ4v) is 4.31. The monoisotopic (exact) mass is 438 g/mol. The van der Waals surface area contributed by atoms with Gasteiger partial charge in [-0.3, -0.25) is 14.5 Å². The smallest absolute Gasteiger partial charge is 0.322 e. The predicted molar refractivity (Wildman–Crippen MR) is 125 cm³/mol. The largest absolute Gasteiger partial charge is 0.344 e. The summed E-state index contributed by atoms with van der Waals surface area (Å²) >= 11 is 0. The molecule has 0 saturated carbocycles. The van der Waals surface area contributed by atoms with Crippen LogP contribution in [-0.2, 0) is 9.59 Å². The maximum atomic E-state index is 13.8. The summed E-state index contributed by atoms with van der Waals surface area (Å²) in [6.45, 7) is 12.9. The number of urea groups is 1. The minimum absolute atomic E-state index is 0.0733. The van der Waals surface area contributed by atoms with Crippen LogP contribution >= 0.6 is 0 Å². The molecule has 0 fully saturated rings. The van der Waals surface area contributed by atoms with Gasteiger partial charge >= 0.3 is 6.03 Å². The van der Waals surface area contributed by atoms with Crippen molar-refractivity contribution in [2.75, 3.05) is 26.7 Å². The molecule has 4 amide bonds. The van der Waals surface area contributed by atoms with E-state index in [-0.39, 0.29) is 30.3 Å². The number of rotatable bonds is 8. The third-order valence-electron chi connectivity index (χ3n) is 6.18. The molecule has 1 aromatic rings. The molecule has 0 bridgehead atoms. The fraction of sp³-hybridized carbons (Fsp3) is 0.480. The summed E-state index contributed by atoms with van der Waals surface area (Å²) in [7, 11) is 1.76. The molecule has 2 unspecified atom stereocenters. The van der Waals surface area contributed by atoms with Gasteiger partial charge in [-0.25, -0.2) is 4.79 Å². The van der Waals surface area contributed by atoms with E-state index >= 15 is 0 Å². The van der Waals surface area contributed by atoms with Crippen LogP contribution in [0.5, 0.6) is 0 Å². The molecule has 0 aromatic heterocycles. The van der Waals surface area contributed by atoms with Gasteiger partial charge in [-0.15, -0.1) is 6.58 Å². The van der Waals surface area contributed by atoms with E-state index in [1.54, 1.807) is 27.8 Å². The molecule has 32 heavy (non-hydrogen) atoms. The molecule has 172 valence electrons. The van der Waals surface area contributed by atoms with E-state index in [0.29, 0.717) is 30.8 Å². The van der Waals surface area contributed by atoms with Crippen LogP contribution in [0.2, 0.25) is 0 Å². The highest BCUT2D eigenvalue weighted by molar-refractivity contribution is 6.03. The number of aryl methyl sites for hydroxylation is 1. The molecular weight excluding hydrogens is 404 g/mol. The SMILES string of the molecule is C=CCN1C(=O)NC(c2ccc(C)cc2)C2=C1CN(C(CC(C)C)C(=O)N(C)CC)C2=O. The molecule has 2 aliphatic heterocycles. The Bertz CT molecular complexity index is 935. The number of carbonyl (C=O) groups is 3. The fourth-order valence-electron chi connectivity index (χ4n) is 4.31. The summed E-state index contributed by atoms with van der Waals surface area (Å²) in [6.07, 6.45) is 2.21. The maximum Gasteiger partial charge on any atom is 0.322 e. The second-order valence-electron chi connectivity index (χ2n) is 8.98. The zero-order chi connectivity index (χ0) is 23.6. The molecule has 3 rings (SSSR count). The Morgan fingerprint density at radius 2 is 1.94 bits per heavy atom. The van der Waals surface area contributed by atoms with Gasteiger partial charge in [-0.1, -0.05) is 49.8 Å². The van der Waals surface area contributed by atoms with Gasteiger partial charge in [0.25, 0.3) is 5.91 Å². The molecule has 1 aromatic carbocycles. The van der Waals surface area contributed by atoms with Crippen molar-refractivity contribution < 1.29 is 14.4 Å². The Morgan fingerprint density at radius 1 is 1.28 bits per heavy atom. The van der Waals surface area contributed by atoms with Crippen molar-refractivity contribution in [3.05, 3.63) is 59.3 Å². The first-order valence-corrected chi connectivity index (χ1v) is 11.2. The van der Waals surface area contributed by atoms with E-state index in [0.717, 1.165) is 11.1 Å². The summed E-state index contributed by atoms with van der Waals surface area (Å²) in [6, 6.07) is 6.43. The Balaban J connectivity index is 2.04. The van der Waals surface area contributed by atoms with Crippen molar-refractivity contribution in [1.82, 2.24) is 20.0 Å². The van der Waals surface area contributed by atoms with Gasteiger partial charge in [0.2, 0.25) is 5.91 Å². The Labute approximate surface area is 190 Å². The van der Waals surface area contributed by atoms with E-state index in [1.807, 2.05) is 52.0 Å². The standard InChI is InChI=1S/C25H34N4O3/c1-7-13-28-20-15-29(19(14-16(3)4)23(30)27(6)8-2)24(31)21(20)22(26-25(28)32)18-11-9-17(5)10-12-18/h7,9-12,16,19,22H,1,8,13-15H2,2-6H3,(H,26,32). The quantitative estimate of drug-likeness (QED) is 0.634. The highest BCUT2D eigenvalue weighted by Gasteiger charge is 2.47. The molecular formula is C25H34N4O3. The molecule has 0 spiro atoms. The second-order valence-corrected chi connectivity index (χ2v) is 8.98. The normalized spacial score (nSPS) is 19.2. The van der Waals surface area contributed by atoms with Crippen molar-refractivity contribution >= 4 is 17.8 Å². The maximum absolute atomic E-state index is 13.8. The Morgan fingerprint density at radius 3 is 2.50 bits per heavy atom. The summed E-state index contributed by atoms with van der Waals surface area (Å²) in [4.78, 5) is 44.8. The lowest BCUT2D eigenvalue weighted by Crippen LogP contribution is -2.49. The molecule has 7 heteroatoms. The summed E-state index contributed by atoms with van der Waals surface area (Å²) < 4.78 is 0. The molecule has 2 heterocycles. The average molecular weight is 439 g/mol. The van der Waals surface area contributed by atoms with Gasteiger partial charge in [0.1, 0.15) is 6.04 Å². The lowest BCUT2D eigenvalue weighted by atomic mass is 9.94. The van der Waals surface area contributed by atoms with Crippen LogP contribution < -0.4 is 5.32 Å². The Kier molecular flexibility index (Phi) is 7.06. The zero-order valence-corrected chi connectivity index (χ0v) is 19.7. The van der Waals surface area contributed by atoms with Gasteiger partial charge in [0, 0.05) is 20.1 Å². The number of carbonyl (C=O) groups excluding carboxylic acids is 3. The van der Waals surface area contributed by atoms with Crippen molar-refractivity contribution in [3.63, 3.8) is 0 Å². The predicted octanol–water partition coefficient (Wildman–Crippen LogP) is 3.24. The van der Waals surface area contributed by atoms with Gasteiger partial charge in [-0.05, 0) is 31.7 Å². The molecule has 2 aliphatic rings. The lowest BCUT2D eigenvalue weighted by molar-refractivity contribution is -0.142. The minimum Gasteiger partial charge on any atom is -0.344 e. The van der Waals surface area contributed by atoms with Crippen LogP contribution in [0.4, 0.5) is 4.79 Å². The highest BCUT2D eigenvalue weighted by Crippen LogP contribution is 2.38. The van der Waals surface area contributed by atoms with Crippen LogP contribution in [0.15, 0.2) is 48.2 Å². The topological polar surface area (TPSA) is 73.0 Å². The average Bonchev–Trinajstić information content (AvgIpc) is 3.10. The Hall–Kier alpha value is -3.09. The molecule has 2 atom stereocenters. The van der Waals surface area contributed by atoms with Crippen LogP contribution in [-0.4, -0.2) is 65.3 Å². The number of nitrogens with zero attached hydrogens (tertiary/aromatic N) is 3. The number of nitrogens with one attached hydrogen (secondary N) is 1. The summed E-state index contributed by atoms with van der Waals surface area (Å²) in [5.74, 6) is -0.0319. The van der Waals surface area contributed by atoms with E-state index in [4.69, 9.17) is 0 Å². The zero-order valence-electron chi connectivity index (χ0n) is 19.7. The summed E-state index contributed by atoms with van der Waals surface area (Å²) in [5.41, 5.74) is 3.14. The van der Waals surface area contributed by atoms with Crippen LogP contribution in [0, 0.1) is 12.8 Å². The second kappa shape index (κ2) is 9.59. The highest BCUT2D eigenvalue weighted by atomic mass is 16.2. The molecule has 1 N–H and O–H groups in total. The van der Waals surface area contributed by atoms with Crippen LogP contribution in [0.3, 0.4) is 0 Å². The first-order chi connectivity index (χ1) is 15.2. The third kappa shape index (κ3) is 4.42. The number of hydrogen-bond donors (Lipinski definition) is 1. The van der Waals surface area contributed by atoms with Crippen molar-refractivity contribution in [2.24, 2.45) is 5.92 Å². The van der Waals surface area contributed by atoms with Gasteiger partial charge in [0.15, 0.2) is 0 Å².